The molecule has 1 atom stereocenters. The summed E-state index contributed by atoms with van der Waals surface area (Å²) in [6.07, 6.45) is 2.95. The van der Waals surface area contributed by atoms with Gasteiger partial charge >= 0.3 is 0 Å². The zero-order chi connectivity index (χ0) is 24.5. The second-order valence-electron chi connectivity index (χ2n) is 9.09. The zero-order valence-electron chi connectivity index (χ0n) is 20.9. The van der Waals surface area contributed by atoms with Gasteiger partial charge in [-0.2, -0.15) is 5.10 Å². The normalized spacial score (nSPS) is 12.3. The van der Waals surface area contributed by atoms with Gasteiger partial charge in [0.05, 0.1) is 23.0 Å². The standard InChI is InChI=1S/C28H38N4O2/c1-6-7-15-25(33)20-31(18-17-30(4)5)21-27-23(3)29-32(24-13-9-8-10-14-24)28(27)34-26-16-11-12-22(2)19-26/h6,8-14,16,19,25,33H,1,7,15,17-18,20-21H2,2-5H3. The number of aromatic nitrogens is 2. The Morgan fingerprint density at radius 3 is 2.53 bits per heavy atom. The Morgan fingerprint density at radius 1 is 1.09 bits per heavy atom. The first-order valence-electron chi connectivity index (χ1n) is 11.9. The molecule has 6 heteroatoms. The molecule has 1 N–H and O–H groups in total. The van der Waals surface area contributed by atoms with Crippen LogP contribution in [0.25, 0.3) is 5.69 Å². The topological polar surface area (TPSA) is 53.8 Å². The first-order chi connectivity index (χ1) is 16.4. The van der Waals surface area contributed by atoms with Crippen LogP contribution in [0.1, 0.15) is 29.7 Å². The first kappa shape index (κ1) is 25.7. The Morgan fingerprint density at radius 2 is 1.85 bits per heavy atom. The van der Waals surface area contributed by atoms with Crippen LogP contribution in [0.3, 0.4) is 0 Å². The van der Waals surface area contributed by atoms with Crippen LogP contribution < -0.4 is 4.74 Å². The maximum atomic E-state index is 10.6. The van der Waals surface area contributed by atoms with E-state index in [0.717, 1.165) is 47.8 Å². The van der Waals surface area contributed by atoms with Gasteiger partial charge < -0.3 is 14.7 Å². The van der Waals surface area contributed by atoms with E-state index in [2.05, 4.69) is 43.5 Å². The third kappa shape index (κ3) is 7.29. The lowest BCUT2D eigenvalue weighted by Gasteiger charge is -2.26. The van der Waals surface area contributed by atoms with E-state index in [9.17, 15) is 5.11 Å². The SMILES string of the molecule is C=CCCC(O)CN(CCN(C)C)Cc1c(C)nn(-c2ccccc2)c1Oc1cccc(C)c1. The van der Waals surface area contributed by atoms with Crippen molar-refractivity contribution in [2.75, 3.05) is 33.7 Å². The number of nitrogens with zero attached hydrogens (tertiary/aromatic N) is 4. The molecule has 2 aromatic carbocycles. The largest absolute Gasteiger partial charge is 0.439 e. The van der Waals surface area contributed by atoms with E-state index < -0.39 is 6.10 Å². The molecule has 0 aliphatic rings. The average molecular weight is 463 g/mol. The summed E-state index contributed by atoms with van der Waals surface area (Å²) in [7, 11) is 4.13. The van der Waals surface area contributed by atoms with Crippen molar-refractivity contribution in [3.05, 3.63) is 84.1 Å². The first-order valence-corrected chi connectivity index (χ1v) is 11.9. The molecule has 1 heterocycles. The van der Waals surface area contributed by atoms with Gasteiger partial charge in [-0.3, -0.25) is 4.90 Å². The molecular formula is C28H38N4O2. The molecule has 0 spiro atoms. The van der Waals surface area contributed by atoms with Crippen molar-refractivity contribution in [3.63, 3.8) is 0 Å². The molecule has 1 aromatic heterocycles. The highest BCUT2D eigenvalue weighted by Gasteiger charge is 2.22. The molecule has 0 radical (unpaired) electrons. The fourth-order valence-electron chi connectivity index (χ4n) is 3.86. The molecular weight excluding hydrogens is 424 g/mol. The fourth-order valence-corrected chi connectivity index (χ4v) is 3.86. The molecule has 0 fully saturated rings. The fraction of sp³-hybridized carbons (Fsp3) is 0.393. The van der Waals surface area contributed by atoms with Gasteiger partial charge in [0.2, 0.25) is 5.88 Å². The van der Waals surface area contributed by atoms with Crippen molar-refractivity contribution >= 4 is 0 Å². The minimum atomic E-state index is -0.411. The van der Waals surface area contributed by atoms with Crippen molar-refractivity contribution in [1.29, 1.82) is 0 Å². The van der Waals surface area contributed by atoms with Crippen LogP contribution in [0.2, 0.25) is 0 Å². The summed E-state index contributed by atoms with van der Waals surface area (Å²) in [5.74, 6) is 1.49. The lowest BCUT2D eigenvalue weighted by molar-refractivity contribution is 0.0976. The van der Waals surface area contributed by atoms with E-state index in [1.807, 2.05) is 66.2 Å². The predicted octanol–water partition coefficient (Wildman–Crippen LogP) is 4.97. The molecule has 3 aromatic rings. The lowest BCUT2D eigenvalue weighted by atomic mass is 10.1. The molecule has 0 amide bonds. The molecule has 0 saturated carbocycles. The van der Waals surface area contributed by atoms with Gasteiger partial charge in [0.1, 0.15) is 5.75 Å². The van der Waals surface area contributed by atoms with Crippen LogP contribution in [-0.4, -0.2) is 64.5 Å². The molecule has 34 heavy (non-hydrogen) atoms. The number of rotatable bonds is 13. The average Bonchev–Trinajstić information content (AvgIpc) is 3.11. The highest BCUT2D eigenvalue weighted by molar-refractivity contribution is 5.43. The molecule has 0 saturated heterocycles. The number of benzene rings is 2. The van der Waals surface area contributed by atoms with E-state index in [4.69, 9.17) is 9.84 Å². The van der Waals surface area contributed by atoms with Crippen LogP contribution in [0, 0.1) is 13.8 Å². The van der Waals surface area contributed by atoms with E-state index >= 15 is 0 Å². The summed E-state index contributed by atoms with van der Waals surface area (Å²) in [6, 6.07) is 18.1. The molecule has 0 aliphatic heterocycles. The van der Waals surface area contributed by atoms with Crippen LogP contribution in [-0.2, 0) is 6.54 Å². The van der Waals surface area contributed by atoms with Gasteiger partial charge in [0.15, 0.2) is 0 Å². The summed E-state index contributed by atoms with van der Waals surface area (Å²) in [5.41, 5.74) is 4.03. The van der Waals surface area contributed by atoms with Gasteiger partial charge in [0, 0.05) is 26.2 Å². The molecule has 6 nitrogen and oxygen atoms in total. The molecule has 0 bridgehead atoms. The number of hydrogen-bond acceptors (Lipinski definition) is 5. The summed E-state index contributed by atoms with van der Waals surface area (Å²) in [4.78, 5) is 4.45. The van der Waals surface area contributed by atoms with Crippen LogP contribution in [0.5, 0.6) is 11.6 Å². The number of likely N-dealkylation sites (N-methyl/N-ethyl adjacent to an activating group) is 1. The van der Waals surface area contributed by atoms with Gasteiger partial charge in [-0.15, -0.1) is 6.58 Å². The number of ether oxygens (including phenoxy) is 1. The number of aryl methyl sites for hydroxylation is 2. The third-order valence-electron chi connectivity index (χ3n) is 5.76. The summed E-state index contributed by atoms with van der Waals surface area (Å²) < 4.78 is 8.36. The third-order valence-corrected chi connectivity index (χ3v) is 5.76. The predicted molar refractivity (Wildman–Crippen MR) is 139 cm³/mol. The summed E-state index contributed by atoms with van der Waals surface area (Å²) >= 11 is 0. The van der Waals surface area contributed by atoms with Gasteiger partial charge in [-0.25, -0.2) is 4.68 Å². The Bertz CT molecular complexity index is 1050. The van der Waals surface area contributed by atoms with Gasteiger partial charge in [-0.1, -0.05) is 36.4 Å². The Labute approximate surface area is 204 Å². The summed E-state index contributed by atoms with van der Waals surface area (Å²) in [5, 5.41) is 15.5. The number of aliphatic hydroxyl groups excluding tert-OH is 1. The van der Waals surface area contributed by atoms with Gasteiger partial charge in [0.25, 0.3) is 0 Å². The minimum absolute atomic E-state index is 0.411. The second kappa shape index (κ2) is 12.5. The smallest absolute Gasteiger partial charge is 0.227 e. The van der Waals surface area contributed by atoms with Gasteiger partial charge in [-0.05, 0) is 70.6 Å². The van der Waals surface area contributed by atoms with Crippen molar-refractivity contribution in [1.82, 2.24) is 19.6 Å². The van der Waals surface area contributed by atoms with Crippen molar-refractivity contribution < 1.29 is 9.84 Å². The highest BCUT2D eigenvalue weighted by Crippen LogP contribution is 2.32. The Balaban J connectivity index is 1.96. The number of allylic oxidation sites excluding steroid dienone is 1. The summed E-state index contributed by atoms with van der Waals surface area (Å²) in [6.45, 7) is 10.8. The quantitative estimate of drug-likeness (QED) is 0.364. The number of aliphatic hydroxyl groups is 1. The van der Waals surface area contributed by atoms with Crippen LogP contribution in [0.4, 0.5) is 0 Å². The Kier molecular flexibility index (Phi) is 9.45. The molecule has 1 unspecified atom stereocenters. The molecule has 182 valence electrons. The second-order valence-corrected chi connectivity index (χ2v) is 9.09. The Hall–Kier alpha value is -2.93. The van der Waals surface area contributed by atoms with E-state index in [1.165, 1.54) is 0 Å². The monoisotopic (exact) mass is 462 g/mol. The minimum Gasteiger partial charge on any atom is -0.439 e. The molecule has 0 aliphatic carbocycles. The van der Waals surface area contributed by atoms with Crippen LogP contribution in [0.15, 0.2) is 67.3 Å². The maximum Gasteiger partial charge on any atom is 0.227 e. The highest BCUT2D eigenvalue weighted by atomic mass is 16.5. The molecule has 3 rings (SSSR count). The number of hydrogen-bond donors (Lipinski definition) is 1. The zero-order valence-corrected chi connectivity index (χ0v) is 20.9. The lowest BCUT2D eigenvalue weighted by Crippen LogP contribution is -2.37. The van der Waals surface area contributed by atoms with Crippen molar-refractivity contribution in [2.24, 2.45) is 0 Å². The van der Waals surface area contributed by atoms with E-state index in [1.54, 1.807) is 0 Å². The van der Waals surface area contributed by atoms with Crippen molar-refractivity contribution in [2.45, 2.75) is 39.3 Å². The number of para-hydroxylation sites is 1. The van der Waals surface area contributed by atoms with E-state index in [-0.39, 0.29) is 0 Å². The van der Waals surface area contributed by atoms with Crippen LogP contribution >= 0.6 is 0 Å². The van der Waals surface area contributed by atoms with E-state index in [0.29, 0.717) is 25.4 Å². The maximum absolute atomic E-state index is 10.6. The van der Waals surface area contributed by atoms with Crippen molar-refractivity contribution in [3.8, 4) is 17.3 Å².